The monoisotopic (exact) mass is 750 g/mol. The molecule has 0 bridgehead atoms. The number of hydrogen-bond donors (Lipinski definition) is 4. The van der Waals surface area contributed by atoms with Crippen LogP contribution in [-0.4, -0.2) is 101 Å². The number of Topliss-reactive ketones (excluding diaryl/α,β-unsaturated/α-hetero) is 2. The Morgan fingerprint density at radius 1 is 0.926 bits per heavy atom. The summed E-state index contributed by atoms with van der Waals surface area (Å²) < 4.78 is 5.96. The largest absolute Gasteiger partial charge is 0.444 e. The van der Waals surface area contributed by atoms with E-state index < -0.39 is 71.3 Å². The van der Waals surface area contributed by atoms with Crippen molar-refractivity contribution in [1.29, 1.82) is 0 Å². The Kier molecular flexibility index (Phi) is 13.1. The van der Waals surface area contributed by atoms with Gasteiger partial charge >= 0.3 is 12.1 Å². The third-order valence-electron chi connectivity index (χ3n) is 10.7. The van der Waals surface area contributed by atoms with E-state index in [-0.39, 0.29) is 43.0 Å². The molecule has 14 heteroatoms. The highest BCUT2D eigenvalue weighted by Crippen LogP contribution is 2.33. The molecule has 0 radical (unpaired) electrons. The van der Waals surface area contributed by atoms with Crippen molar-refractivity contribution in [3.63, 3.8) is 0 Å². The second-order valence-electron chi connectivity index (χ2n) is 16.8. The van der Waals surface area contributed by atoms with Crippen LogP contribution in [0.5, 0.6) is 0 Å². The molecule has 5 atom stereocenters. The molecule has 54 heavy (non-hydrogen) atoms. The van der Waals surface area contributed by atoms with Gasteiger partial charge in [0.25, 0.3) is 5.91 Å². The molecule has 0 aromatic heterocycles. The fourth-order valence-electron chi connectivity index (χ4n) is 7.15. The summed E-state index contributed by atoms with van der Waals surface area (Å²) in [6, 6.07) is 3.00. The van der Waals surface area contributed by atoms with Gasteiger partial charge in [0.1, 0.15) is 18.2 Å². The number of likely N-dealkylation sites (tertiary alicyclic amines) is 1. The molecule has 5 rings (SSSR count). The first-order chi connectivity index (χ1) is 25.6. The lowest BCUT2D eigenvalue weighted by molar-refractivity contribution is -0.144. The van der Waals surface area contributed by atoms with Gasteiger partial charge in [0.15, 0.2) is 5.78 Å². The number of amides is 6. The van der Waals surface area contributed by atoms with Gasteiger partial charge in [-0.15, -0.1) is 0 Å². The molecular weight excluding hydrogens is 692 g/mol. The maximum atomic E-state index is 14.6. The Balaban J connectivity index is 1.35. The summed E-state index contributed by atoms with van der Waals surface area (Å²) in [5, 5.41) is 11.0. The smallest absolute Gasteiger partial charge is 0.410 e. The lowest BCUT2D eigenvalue weighted by Crippen LogP contribution is -2.61. The fourth-order valence-corrected chi connectivity index (χ4v) is 7.15. The van der Waals surface area contributed by atoms with Crippen molar-refractivity contribution in [1.82, 2.24) is 31.1 Å². The third kappa shape index (κ3) is 10.4. The Morgan fingerprint density at radius 3 is 2.22 bits per heavy atom. The van der Waals surface area contributed by atoms with E-state index in [1.807, 2.05) is 45.0 Å². The first kappa shape index (κ1) is 40.7. The molecule has 0 spiro atoms. The molecule has 14 nitrogen and oxygen atoms in total. The van der Waals surface area contributed by atoms with Crippen molar-refractivity contribution < 1.29 is 38.3 Å². The molecule has 4 aliphatic rings. The van der Waals surface area contributed by atoms with Gasteiger partial charge in [0, 0.05) is 31.5 Å². The summed E-state index contributed by atoms with van der Waals surface area (Å²) >= 11 is 0. The number of ketones is 2. The molecule has 2 aliphatic heterocycles. The molecule has 2 aliphatic carbocycles. The highest BCUT2D eigenvalue weighted by molar-refractivity contribution is 6.38. The molecule has 2 heterocycles. The summed E-state index contributed by atoms with van der Waals surface area (Å²) in [5.41, 5.74) is 1.33. The van der Waals surface area contributed by atoms with Crippen molar-refractivity contribution in [3.05, 3.63) is 35.4 Å². The number of nitrogens with one attached hydrogen (secondary N) is 4. The number of unbranched alkanes of at least 4 members (excludes halogenated alkanes) is 1. The topological polar surface area (TPSA) is 183 Å². The van der Waals surface area contributed by atoms with Crippen LogP contribution in [0.3, 0.4) is 0 Å². The van der Waals surface area contributed by atoms with Crippen LogP contribution >= 0.6 is 0 Å². The normalized spacial score (nSPS) is 21.3. The van der Waals surface area contributed by atoms with Gasteiger partial charge in [-0.1, -0.05) is 78.6 Å². The number of fused-ring (bicyclic) bond motifs is 1. The van der Waals surface area contributed by atoms with Gasteiger partial charge < -0.3 is 35.8 Å². The standard InChI is InChI=1S/C40H58N6O8/c1-7-8-13-29(33(48)36(50)41-27-16-17-27)42-35(49)30-20-28(54-39(53)45-19-18-24-11-9-10-12-26(24)21-45)22-46(30)37(51)34(40(4,5)6)44-38(52)43-31(23(2)3)32(47)25-14-15-25/h9-12,23,25,27-31,34H,7-8,13-22H2,1-6H3,(H,41,50)(H,42,49)(H2,43,44,52)/t28?,29?,30-,31-,34+/m0/s1. The number of nitrogens with zero attached hydrogens (tertiary/aromatic N) is 2. The molecule has 1 saturated heterocycles. The number of urea groups is 1. The molecule has 296 valence electrons. The first-order valence-electron chi connectivity index (χ1n) is 19.7. The van der Waals surface area contributed by atoms with E-state index in [4.69, 9.17) is 4.74 Å². The molecule has 1 aromatic carbocycles. The van der Waals surface area contributed by atoms with E-state index in [9.17, 15) is 33.6 Å². The van der Waals surface area contributed by atoms with Crippen LogP contribution in [0.1, 0.15) is 104 Å². The van der Waals surface area contributed by atoms with Crippen LogP contribution in [0.15, 0.2) is 24.3 Å². The first-order valence-corrected chi connectivity index (χ1v) is 19.7. The van der Waals surface area contributed by atoms with E-state index in [2.05, 4.69) is 21.3 Å². The highest BCUT2D eigenvalue weighted by Gasteiger charge is 2.47. The zero-order valence-electron chi connectivity index (χ0n) is 32.6. The van der Waals surface area contributed by atoms with E-state index in [0.717, 1.165) is 43.2 Å². The second kappa shape index (κ2) is 17.3. The number of benzene rings is 1. The lowest BCUT2D eigenvalue weighted by atomic mass is 9.85. The average Bonchev–Trinajstić information content (AvgIpc) is 4.08. The summed E-state index contributed by atoms with van der Waals surface area (Å²) in [6.45, 7) is 11.7. The highest BCUT2D eigenvalue weighted by atomic mass is 16.6. The summed E-state index contributed by atoms with van der Waals surface area (Å²) in [7, 11) is 0. The molecule has 3 fully saturated rings. The number of rotatable bonds is 15. The number of ether oxygens (including phenoxy) is 1. The predicted octanol–water partition coefficient (Wildman–Crippen LogP) is 3.39. The van der Waals surface area contributed by atoms with Crippen molar-refractivity contribution in [2.75, 3.05) is 13.1 Å². The SMILES string of the molecule is CCCCC(NC(=O)[C@@H]1CC(OC(=O)N2CCc3ccccc3C2)CN1C(=O)[C@@H](NC(=O)N[C@H](C(=O)C1CC1)C(C)C)C(C)(C)C)C(=O)C(=O)NC1CC1. The van der Waals surface area contributed by atoms with Crippen LogP contribution < -0.4 is 21.3 Å². The molecule has 4 N–H and O–H groups in total. The second-order valence-corrected chi connectivity index (χ2v) is 16.8. The predicted molar refractivity (Wildman–Crippen MR) is 200 cm³/mol. The zero-order chi connectivity index (χ0) is 39.3. The van der Waals surface area contributed by atoms with E-state index >= 15 is 0 Å². The van der Waals surface area contributed by atoms with E-state index in [0.29, 0.717) is 25.9 Å². The molecule has 1 aromatic rings. The summed E-state index contributed by atoms with van der Waals surface area (Å²) in [6.07, 6.45) is 3.89. The summed E-state index contributed by atoms with van der Waals surface area (Å²) in [4.78, 5) is 97.6. The Labute approximate surface area is 318 Å². The van der Waals surface area contributed by atoms with Gasteiger partial charge in [-0.25, -0.2) is 9.59 Å². The molecule has 2 unspecified atom stereocenters. The van der Waals surface area contributed by atoms with Crippen LogP contribution in [0.4, 0.5) is 9.59 Å². The molecular formula is C40H58N6O8. The minimum Gasteiger partial charge on any atom is -0.444 e. The zero-order valence-corrected chi connectivity index (χ0v) is 32.6. The number of carbonyl (C=O) groups is 7. The van der Waals surface area contributed by atoms with Crippen LogP contribution in [0.2, 0.25) is 0 Å². The average molecular weight is 751 g/mol. The van der Waals surface area contributed by atoms with Gasteiger partial charge in [0.2, 0.25) is 17.6 Å². The van der Waals surface area contributed by atoms with Crippen LogP contribution in [-0.2, 0) is 41.7 Å². The van der Waals surface area contributed by atoms with Crippen molar-refractivity contribution in [2.24, 2.45) is 17.3 Å². The van der Waals surface area contributed by atoms with E-state index in [1.54, 1.807) is 25.7 Å². The maximum absolute atomic E-state index is 14.6. The lowest BCUT2D eigenvalue weighted by Gasteiger charge is -2.36. The summed E-state index contributed by atoms with van der Waals surface area (Å²) in [5.74, 6) is -3.02. The van der Waals surface area contributed by atoms with E-state index in [1.165, 1.54) is 4.90 Å². The Hall–Kier alpha value is -4.49. The van der Waals surface area contributed by atoms with Crippen LogP contribution in [0.25, 0.3) is 0 Å². The number of hydrogen-bond acceptors (Lipinski definition) is 8. The fraction of sp³-hybridized carbons (Fsp3) is 0.675. The third-order valence-corrected chi connectivity index (χ3v) is 10.7. The Morgan fingerprint density at radius 2 is 1.61 bits per heavy atom. The Bertz CT molecular complexity index is 1600. The van der Waals surface area contributed by atoms with Gasteiger partial charge in [-0.05, 0) is 61.0 Å². The van der Waals surface area contributed by atoms with Crippen molar-refractivity contribution >= 4 is 41.4 Å². The van der Waals surface area contributed by atoms with Gasteiger partial charge in [-0.2, -0.15) is 0 Å². The quantitative estimate of drug-likeness (QED) is 0.197. The maximum Gasteiger partial charge on any atom is 0.410 e. The molecule has 6 amide bonds. The minimum absolute atomic E-state index is 0.0325. The van der Waals surface area contributed by atoms with Crippen LogP contribution in [0, 0.1) is 17.3 Å². The minimum atomic E-state index is -1.17. The molecule has 2 saturated carbocycles. The van der Waals surface area contributed by atoms with Crippen molar-refractivity contribution in [2.45, 2.75) is 142 Å². The van der Waals surface area contributed by atoms with Crippen molar-refractivity contribution in [3.8, 4) is 0 Å². The van der Waals surface area contributed by atoms with Gasteiger partial charge in [-0.3, -0.25) is 24.0 Å². The number of carbonyl (C=O) groups excluding carboxylic acids is 7. The van der Waals surface area contributed by atoms with Gasteiger partial charge in [0.05, 0.1) is 18.6 Å².